The Hall–Kier alpha value is -1.78. The Labute approximate surface area is 101 Å². The normalized spacial score (nSPS) is 10.4. The van der Waals surface area contributed by atoms with Crippen molar-refractivity contribution in [3.05, 3.63) is 17.8 Å². The first-order chi connectivity index (χ1) is 8.12. The van der Waals surface area contributed by atoms with Crippen LogP contribution in [0.25, 0.3) is 0 Å². The molecule has 0 aliphatic carbocycles. The molecule has 3 N–H and O–H groups in total. The topological polar surface area (TPSA) is 77.2 Å². The third-order valence-corrected chi connectivity index (χ3v) is 2.68. The van der Waals surface area contributed by atoms with Gasteiger partial charge in [0.05, 0.1) is 24.6 Å². The molecule has 0 radical (unpaired) electrons. The molecule has 1 rings (SSSR count). The molecule has 1 heterocycles. The zero-order valence-electron chi connectivity index (χ0n) is 10.5. The van der Waals surface area contributed by atoms with Gasteiger partial charge in [-0.05, 0) is 18.9 Å². The van der Waals surface area contributed by atoms with E-state index in [9.17, 15) is 4.79 Å². The lowest BCUT2D eigenvalue weighted by atomic mass is 10.1. The molecule has 0 aromatic carbocycles. The van der Waals surface area contributed by atoms with Gasteiger partial charge in [0.15, 0.2) is 0 Å². The van der Waals surface area contributed by atoms with Crippen LogP contribution in [0.3, 0.4) is 0 Å². The molecular weight excluding hydrogens is 218 g/mol. The second kappa shape index (κ2) is 6.08. The molecule has 5 heteroatoms. The number of carbonyl (C=O) groups excluding carboxylic acids is 1. The Balaban J connectivity index is 2.92. The summed E-state index contributed by atoms with van der Waals surface area (Å²) in [5.41, 5.74) is 6.34. The van der Waals surface area contributed by atoms with Gasteiger partial charge in [-0.15, -0.1) is 0 Å². The quantitative estimate of drug-likeness (QED) is 0.766. The molecule has 94 valence electrons. The molecule has 1 aromatic heterocycles. The van der Waals surface area contributed by atoms with Crippen molar-refractivity contribution in [2.75, 3.05) is 18.2 Å². The standard InChI is InChI=1S/C12H19N3O2/c1-4-8(5-2)15-11-6-9(12(16)17-3)10(13)7-14-11/h6-8H,4-5,13H2,1-3H3,(H,14,15). The number of anilines is 2. The summed E-state index contributed by atoms with van der Waals surface area (Å²) in [7, 11) is 1.33. The van der Waals surface area contributed by atoms with Crippen LogP contribution in [0.1, 0.15) is 37.0 Å². The first-order valence-corrected chi connectivity index (χ1v) is 5.72. The summed E-state index contributed by atoms with van der Waals surface area (Å²) in [4.78, 5) is 15.6. The Morgan fingerprint density at radius 3 is 2.71 bits per heavy atom. The van der Waals surface area contributed by atoms with Gasteiger partial charge in [-0.2, -0.15) is 0 Å². The van der Waals surface area contributed by atoms with E-state index in [0.717, 1.165) is 12.8 Å². The number of pyridine rings is 1. The number of ether oxygens (including phenoxy) is 1. The lowest BCUT2D eigenvalue weighted by molar-refractivity contribution is 0.0602. The molecule has 0 fully saturated rings. The van der Waals surface area contributed by atoms with Crippen molar-refractivity contribution < 1.29 is 9.53 Å². The number of hydrogen-bond acceptors (Lipinski definition) is 5. The van der Waals surface area contributed by atoms with Crippen LogP contribution in [-0.2, 0) is 4.74 Å². The Morgan fingerprint density at radius 2 is 2.18 bits per heavy atom. The zero-order valence-corrected chi connectivity index (χ0v) is 10.5. The van der Waals surface area contributed by atoms with Gasteiger partial charge in [0.2, 0.25) is 0 Å². The van der Waals surface area contributed by atoms with E-state index < -0.39 is 5.97 Å². The van der Waals surface area contributed by atoms with Crippen molar-refractivity contribution in [1.29, 1.82) is 0 Å². The molecule has 0 unspecified atom stereocenters. The van der Waals surface area contributed by atoms with Crippen molar-refractivity contribution in [2.24, 2.45) is 0 Å². The van der Waals surface area contributed by atoms with Gasteiger partial charge >= 0.3 is 5.97 Å². The number of esters is 1. The highest BCUT2D eigenvalue weighted by Crippen LogP contribution is 2.17. The summed E-state index contributed by atoms with van der Waals surface area (Å²) < 4.78 is 4.66. The number of nitrogen functional groups attached to an aromatic ring is 1. The van der Waals surface area contributed by atoms with Gasteiger partial charge in [-0.3, -0.25) is 0 Å². The fourth-order valence-corrected chi connectivity index (χ4v) is 1.53. The SMILES string of the molecule is CCC(CC)Nc1cc(C(=O)OC)c(N)cn1. The zero-order chi connectivity index (χ0) is 12.8. The molecule has 17 heavy (non-hydrogen) atoms. The number of methoxy groups -OCH3 is 1. The van der Waals surface area contributed by atoms with E-state index in [-0.39, 0.29) is 0 Å². The Morgan fingerprint density at radius 1 is 1.53 bits per heavy atom. The largest absolute Gasteiger partial charge is 0.465 e. The number of rotatable bonds is 5. The third kappa shape index (κ3) is 3.34. The first kappa shape index (κ1) is 13.3. The number of hydrogen-bond donors (Lipinski definition) is 2. The minimum atomic E-state index is -0.447. The monoisotopic (exact) mass is 237 g/mol. The lowest BCUT2D eigenvalue weighted by Gasteiger charge is -2.16. The van der Waals surface area contributed by atoms with Gasteiger partial charge in [-0.1, -0.05) is 13.8 Å². The van der Waals surface area contributed by atoms with Crippen LogP contribution in [0.15, 0.2) is 12.3 Å². The molecule has 0 atom stereocenters. The molecule has 0 saturated carbocycles. The maximum Gasteiger partial charge on any atom is 0.340 e. The van der Waals surface area contributed by atoms with Crippen LogP contribution in [0, 0.1) is 0 Å². The highest BCUT2D eigenvalue weighted by Gasteiger charge is 2.12. The average molecular weight is 237 g/mol. The molecule has 0 amide bonds. The van der Waals surface area contributed by atoms with Gasteiger partial charge in [0, 0.05) is 6.04 Å². The van der Waals surface area contributed by atoms with E-state index in [2.05, 4.69) is 28.9 Å². The number of nitrogens with two attached hydrogens (primary N) is 1. The second-order valence-electron chi connectivity index (χ2n) is 3.81. The highest BCUT2D eigenvalue weighted by atomic mass is 16.5. The smallest absolute Gasteiger partial charge is 0.340 e. The van der Waals surface area contributed by atoms with E-state index in [1.807, 2.05) is 0 Å². The van der Waals surface area contributed by atoms with E-state index in [1.165, 1.54) is 13.3 Å². The van der Waals surface area contributed by atoms with E-state index in [1.54, 1.807) is 6.07 Å². The minimum absolute atomic E-state index is 0.326. The summed E-state index contributed by atoms with van der Waals surface area (Å²) in [6, 6.07) is 1.97. The Bertz CT molecular complexity index is 389. The predicted molar refractivity (Wildman–Crippen MR) is 68.0 cm³/mol. The molecule has 0 spiro atoms. The summed E-state index contributed by atoms with van der Waals surface area (Å²) in [5.74, 6) is 0.200. The van der Waals surface area contributed by atoms with Crippen LogP contribution in [0.2, 0.25) is 0 Å². The average Bonchev–Trinajstić information content (AvgIpc) is 2.36. The van der Waals surface area contributed by atoms with Crippen molar-refractivity contribution in [3.8, 4) is 0 Å². The number of aromatic nitrogens is 1. The number of carbonyl (C=O) groups is 1. The van der Waals surface area contributed by atoms with E-state index in [4.69, 9.17) is 5.73 Å². The molecular formula is C12H19N3O2. The van der Waals surface area contributed by atoms with Crippen molar-refractivity contribution in [2.45, 2.75) is 32.7 Å². The van der Waals surface area contributed by atoms with Crippen molar-refractivity contribution in [3.63, 3.8) is 0 Å². The molecule has 0 saturated heterocycles. The van der Waals surface area contributed by atoms with Crippen LogP contribution >= 0.6 is 0 Å². The van der Waals surface area contributed by atoms with E-state index in [0.29, 0.717) is 23.1 Å². The maximum atomic E-state index is 11.5. The minimum Gasteiger partial charge on any atom is -0.465 e. The van der Waals surface area contributed by atoms with Crippen molar-refractivity contribution in [1.82, 2.24) is 4.98 Å². The van der Waals surface area contributed by atoms with Crippen LogP contribution in [0.5, 0.6) is 0 Å². The second-order valence-corrected chi connectivity index (χ2v) is 3.81. The van der Waals surface area contributed by atoms with Crippen LogP contribution < -0.4 is 11.1 Å². The van der Waals surface area contributed by atoms with E-state index >= 15 is 0 Å². The molecule has 0 aliphatic rings. The first-order valence-electron chi connectivity index (χ1n) is 5.72. The molecule has 1 aromatic rings. The van der Waals surface area contributed by atoms with Crippen LogP contribution in [-0.4, -0.2) is 24.1 Å². The molecule has 0 aliphatic heterocycles. The number of nitrogens with zero attached hydrogens (tertiary/aromatic N) is 1. The summed E-state index contributed by atoms with van der Waals surface area (Å²) in [5, 5.41) is 3.25. The van der Waals surface area contributed by atoms with Crippen LogP contribution in [0.4, 0.5) is 11.5 Å². The van der Waals surface area contributed by atoms with Gasteiger partial charge in [-0.25, -0.2) is 9.78 Å². The van der Waals surface area contributed by atoms with Gasteiger partial charge in [0.1, 0.15) is 5.82 Å². The number of nitrogens with one attached hydrogen (secondary N) is 1. The molecule has 5 nitrogen and oxygen atoms in total. The lowest BCUT2D eigenvalue weighted by Crippen LogP contribution is -2.18. The van der Waals surface area contributed by atoms with Gasteiger partial charge < -0.3 is 15.8 Å². The Kier molecular flexibility index (Phi) is 4.75. The fourth-order valence-electron chi connectivity index (χ4n) is 1.53. The third-order valence-electron chi connectivity index (χ3n) is 2.68. The maximum absolute atomic E-state index is 11.5. The molecule has 0 bridgehead atoms. The highest BCUT2D eigenvalue weighted by molar-refractivity contribution is 5.95. The van der Waals surface area contributed by atoms with Crippen molar-refractivity contribution >= 4 is 17.5 Å². The predicted octanol–water partition coefficient (Wildman–Crippen LogP) is 2.05. The summed E-state index contributed by atoms with van der Waals surface area (Å²) in [6.45, 7) is 4.19. The van der Waals surface area contributed by atoms with Gasteiger partial charge in [0.25, 0.3) is 0 Å². The fraction of sp³-hybridized carbons (Fsp3) is 0.500. The summed E-state index contributed by atoms with van der Waals surface area (Å²) >= 11 is 0. The summed E-state index contributed by atoms with van der Waals surface area (Å²) in [6.07, 6.45) is 3.46.